The van der Waals surface area contributed by atoms with Crippen LogP contribution in [0.2, 0.25) is 0 Å². The summed E-state index contributed by atoms with van der Waals surface area (Å²) in [7, 11) is 4.26. The number of rotatable bonds is 2. The van der Waals surface area contributed by atoms with Crippen LogP contribution in [0.3, 0.4) is 0 Å². The standard InChI is InChI=1S/C14H27N3O/c1-16(2)13-7-9-17(10-8-13)14(18)11-3-5-12(15)6-4-11/h11-13H,3-10,15H2,1-2H3. The van der Waals surface area contributed by atoms with Gasteiger partial charge in [0.2, 0.25) is 5.91 Å². The van der Waals surface area contributed by atoms with Crippen molar-refractivity contribution in [3.63, 3.8) is 0 Å². The van der Waals surface area contributed by atoms with Gasteiger partial charge in [-0.15, -0.1) is 0 Å². The van der Waals surface area contributed by atoms with Crippen LogP contribution in [-0.4, -0.2) is 55.0 Å². The molecule has 2 rings (SSSR count). The summed E-state index contributed by atoms with van der Waals surface area (Å²) in [4.78, 5) is 16.8. The van der Waals surface area contributed by atoms with Gasteiger partial charge in [0.05, 0.1) is 0 Å². The van der Waals surface area contributed by atoms with Crippen LogP contribution in [-0.2, 0) is 4.79 Å². The summed E-state index contributed by atoms with van der Waals surface area (Å²) in [5, 5.41) is 0. The first-order valence-electron chi connectivity index (χ1n) is 7.28. The lowest BCUT2D eigenvalue weighted by Crippen LogP contribution is -2.47. The number of likely N-dealkylation sites (tertiary alicyclic amines) is 1. The highest BCUT2D eigenvalue weighted by Gasteiger charge is 2.30. The van der Waals surface area contributed by atoms with Gasteiger partial charge in [-0.25, -0.2) is 0 Å². The van der Waals surface area contributed by atoms with Crippen molar-refractivity contribution in [3.05, 3.63) is 0 Å². The van der Waals surface area contributed by atoms with E-state index in [1.54, 1.807) is 0 Å². The highest BCUT2D eigenvalue weighted by molar-refractivity contribution is 5.79. The molecule has 4 heteroatoms. The van der Waals surface area contributed by atoms with Gasteiger partial charge in [0.15, 0.2) is 0 Å². The quantitative estimate of drug-likeness (QED) is 0.800. The third-order valence-electron chi connectivity index (χ3n) is 4.63. The number of carbonyl (C=O) groups excluding carboxylic acids is 1. The van der Waals surface area contributed by atoms with E-state index in [4.69, 9.17) is 5.73 Å². The molecule has 1 aliphatic carbocycles. The molecule has 0 aromatic heterocycles. The predicted octanol–water partition coefficient (Wildman–Crippen LogP) is 1.06. The van der Waals surface area contributed by atoms with Crippen molar-refractivity contribution in [2.75, 3.05) is 27.2 Å². The van der Waals surface area contributed by atoms with Crippen molar-refractivity contribution in [2.45, 2.75) is 50.6 Å². The first-order valence-corrected chi connectivity index (χ1v) is 7.28. The van der Waals surface area contributed by atoms with Crippen LogP contribution in [0.25, 0.3) is 0 Å². The topological polar surface area (TPSA) is 49.6 Å². The van der Waals surface area contributed by atoms with Gasteiger partial charge in [0.1, 0.15) is 0 Å². The zero-order chi connectivity index (χ0) is 13.1. The Morgan fingerprint density at radius 1 is 1.06 bits per heavy atom. The number of hydrogen-bond acceptors (Lipinski definition) is 3. The van der Waals surface area contributed by atoms with E-state index in [9.17, 15) is 4.79 Å². The Morgan fingerprint density at radius 2 is 1.61 bits per heavy atom. The number of amides is 1. The maximum Gasteiger partial charge on any atom is 0.225 e. The fourth-order valence-electron chi connectivity index (χ4n) is 3.23. The van der Waals surface area contributed by atoms with Gasteiger partial charge in [-0.2, -0.15) is 0 Å². The molecular formula is C14H27N3O. The molecule has 0 bridgehead atoms. The minimum absolute atomic E-state index is 0.251. The summed E-state index contributed by atoms with van der Waals surface area (Å²) in [6.45, 7) is 1.87. The molecule has 4 nitrogen and oxygen atoms in total. The van der Waals surface area contributed by atoms with Gasteiger partial charge in [-0.1, -0.05) is 0 Å². The monoisotopic (exact) mass is 253 g/mol. The molecule has 1 saturated carbocycles. The molecule has 2 aliphatic rings. The average Bonchev–Trinajstić information content (AvgIpc) is 2.39. The minimum Gasteiger partial charge on any atom is -0.342 e. The first kappa shape index (κ1) is 13.8. The number of piperidine rings is 1. The molecular weight excluding hydrogens is 226 g/mol. The lowest BCUT2D eigenvalue weighted by Gasteiger charge is -2.37. The Morgan fingerprint density at radius 3 is 2.11 bits per heavy atom. The molecule has 1 saturated heterocycles. The van der Waals surface area contributed by atoms with Gasteiger partial charge in [-0.05, 0) is 52.6 Å². The van der Waals surface area contributed by atoms with Crippen molar-refractivity contribution >= 4 is 5.91 Å². The second kappa shape index (κ2) is 6.02. The molecule has 0 spiro atoms. The van der Waals surface area contributed by atoms with E-state index < -0.39 is 0 Å². The Bertz CT molecular complexity index is 277. The first-order chi connectivity index (χ1) is 8.58. The fraction of sp³-hybridized carbons (Fsp3) is 0.929. The molecule has 18 heavy (non-hydrogen) atoms. The predicted molar refractivity (Wildman–Crippen MR) is 73.2 cm³/mol. The van der Waals surface area contributed by atoms with Gasteiger partial charge >= 0.3 is 0 Å². The highest BCUT2D eigenvalue weighted by Crippen LogP contribution is 2.26. The van der Waals surface area contributed by atoms with Crippen LogP contribution in [0.5, 0.6) is 0 Å². The lowest BCUT2D eigenvalue weighted by molar-refractivity contribution is -0.138. The molecule has 1 amide bonds. The van der Waals surface area contributed by atoms with E-state index >= 15 is 0 Å². The van der Waals surface area contributed by atoms with E-state index in [2.05, 4.69) is 23.9 Å². The average molecular weight is 253 g/mol. The normalized spacial score (nSPS) is 30.8. The van der Waals surface area contributed by atoms with Crippen LogP contribution in [0.1, 0.15) is 38.5 Å². The summed E-state index contributed by atoms with van der Waals surface area (Å²) in [6, 6.07) is 0.974. The Hall–Kier alpha value is -0.610. The fourth-order valence-corrected chi connectivity index (χ4v) is 3.23. The number of nitrogens with two attached hydrogens (primary N) is 1. The van der Waals surface area contributed by atoms with E-state index in [1.807, 2.05) is 0 Å². The molecule has 2 N–H and O–H groups in total. The zero-order valence-electron chi connectivity index (χ0n) is 11.8. The SMILES string of the molecule is CN(C)C1CCN(C(=O)C2CCC(N)CC2)CC1. The maximum atomic E-state index is 12.4. The molecule has 1 aliphatic heterocycles. The summed E-state index contributed by atoms with van der Waals surface area (Å²) in [5.41, 5.74) is 5.90. The zero-order valence-corrected chi connectivity index (χ0v) is 11.8. The molecule has 0 radical (unpaired) electrons. The van der Waals surface area contributed by atoms with Gasteiger partial charge in [-0.3, -0.25) is 4.79 Å². The van der Waals surface area contributed by atoms with Crippen LogP contribution in [0, 0.1) is 5.92 Å². The number of nitrogens with zero attached hydrogens (tertiary/aromatic N) is 2. The molecule has 104 valence electrons. The molecule has 0 unspecified atom stereocenters. The van der Waals surface area contributed by atoms with Crippen molar-refractivity contribution in [2.24, 2.45) is 11.7 Å². The van der Waals surface area contributed by atoms with Crippen molar-refractivity contribution in [1.29, 1.82) is 0 Å². The molecule has 0 aromatic carbocycles. The van der Waals surface area contributed by atoms with Crippen LogP contribution < -0.4 is 5.73 Å². The van der Waals surface area contributed by atoms with E-state index in [0.29, 0.717) is 18.0 Å². The lowest BCUT2D eigenvalue weighted by atomic mass is 9.85. The van der Waals surface area contributed by atoms with E-state index in [1.165, 1.54) is 0 Å². The molecule has 1 heterocycles. The second-order valence-electron chi connectivity index (χ2n) is 6.13. The molecule has 0 atom stereocenters. The minimum atomic E-state index is 0.251. The second-order valence-corrected chi connectivity index (χ2v) is 6.13. The van der Waals surface area contributed by atoms with Crippen molar-refractivity contribution < 1.29 is 4.79 Å². The van der Waals surface area contributed by atoms with Crippen LogP contribution in [0.4, 0.5) is 0 Å². The molecule has 2 fully saturated rings. The summed E-state index contributed by atoms with van der Waals surface area (Å²) in [5.74, 6) is 0.639. The van der Waals surface area contributed by atoms with Gasteiger partial charge in [0.25, 0.3) is 0 Å². The van der Waals surface area contributed by atoms with Crippen molar-refractivity contribution in [1.82, 2.24) is 9.80 Å². The van der Waals surface area contributed by atoms with Crippen molar-refractivity contribution in [3.8, 4) is 0 Å². The van der Waals surface area contributed by atoms with Crippen LogP contribution in [0.15, 0.2) is 0 Å². The Kier molecular flexibility index (Phi) is 4.62. The highest BCUT2D eigenvalue weighted by atomic mass is 16.2. The smallest absolute Gasteiger partial charge is 0.225 e. The van der Waals surface area contributed by atoms with E-state index in [-0.39, 0.29) is 5.92 Å². The van der Waals surface area contributed by atoms with E-state index in [0.717, 1.165) is 51.6 Å². The number of carbonyl (C=O) groups is 1. The molecule has 0 aromatic rings. The third-order valence-corrected chi connectivity index (χ3v) is 4.63. The summed E-state index contributed by atoms with van der Waals surface area (Å²) in [6.07, 6.45) is 6.26. The Balaban J connectivity index is 1.80. The summed E-state index contributed by atoms with van der Waals surface area (Å²) < 4.78 is 0. The van der Waals surface area contributed by atoms with Gasteiger partial charge in [0, 0.05) is 31.1 Å². The maximum absolute atomic E-state index is 12.4. The third kappa shape index (κ3) is 3.23. The Labute approximate surface area is 110 Å². The number of hydrogen-bond donors (Lipinski definition) is 1. The largest absolute Gasteiger partial charge is 0.342 e. The van der Waals surface area contributed by atoms with Gasteiger partial charge < -0.3 is 15.5 Å². The summed E-state index contributed by atoms with van der Waals surface area (Å²) >= 11 is 0. The van der Waals surface area contributed by atoms with Crippen LogP contribution >= 0.6 is 0 Å².